The molecule has 31 heavy (non-hydrogen) atoms. The number of likely N-dealkylation sites (tertiary alicyclic amines) is 1. The third-order valence-corrected chi connectivity index (χ3v) is 6.95. The Labute approximate surface area is 185 Å². The number of aryl methyl sites for hydroxylation is 1. The van der Waals surface area contributed by atoms with Gasteiger partial charge in [0.05, 0.1) is 19.2 Å². The Morgan fingerprint density at radius 1 is 1.13 bits per heavy atom. The molecule has 2 aliphatic heterocycles. The summed E-state index contributed by atoms with van der Waals surface area (Å²) in [6.07, 6.45) is 11.7. The van der Waals surface area contributed by atoms with Gasteiger partial charge >= 0.3 is 6.09 Å². The number of ether oxygens (including phenoxy) is 2. The number of nitrogens with one attached hydrogen (secondary N) is 1. The van der Waals surface area contributed by atoms with Gasteiger partial charge in [0, 0.05) is 56.7 Å². The van der Waals surface area contributed by atoms with Crippen LogP contribution < -0.4 is 10.1 Å². The maximum atomic E-state index is 11.5. The van der Waals surface area contributed by atoms with Crippen LogP contribution in [0.3, 0.4) is 0 Å². The topological polar surface area (TPSA) is 55.7 Å². The van der Waals surface area contributed by atoms with Crippen LogP contribution in [0, 0.1) is 0 Å². The molecule has 1 aromatic carbocycles. The largest absolute Gasteiger partial charge is 0.497 e. The van der Waals surface area contributed by atoms with Gasteiger partial charge in [-0.15, -0.1) is 0 Å². The van der Waals surface area contributed by atoms with E-state index in [0.717, 1.165) is 44.8 Å². The monoisotopic (exact) mass is 427 g/mol. The lowest BCUT2D eigenvalue weighted by atomic mass is 9.91. The van der Waals surface area contributed by atoms with Gasteiger partial charge in [-0.2, -0.15) is 0 Å². The van der Waals surface area contributed by atoms with E-state index in [2.05, 4.69) is 46.1 Å². The molecule has 1 spiro atoms. The smallest absolute Gasteiger partial charge is 0.407 e. The fraction of sp³-hybridized carbons (Fsp3) is 0.640. The van der Waals surface area contributed by atoms with Gasteiger partial charge in [0.25, 0.3) is 0 Å². The van der Waals surface area contributed by atoms with Crippen molar-refractivity contribution in [1.82, 2.24) is 14.8 Å². The number of rotatable bonds is 10. The quantitative estimate of drug-likeness (QED) is 0.537. The predicted octanol–water partition coefficient (Wildman–Crippen LogP) is 5.08. The van der Waals surface area contributed by atoms with Crippen molar-refractivity contribution in [1.29, 1.82) is 0 Å². The first kappa shape index (κ1) is 22.0. The van der Waals surface area contributed by atoms with Crippen molar-refractivity contribution in [3.8, 4) is 5.75 Å². The molecule has 1 N–H and O–H groups in total. The number of unbranched alkanes of at least 4 members (excludes halogenated alkanes) is 5. The Hall–Kier alpha value is -2.21. The number of hydrogen-bond donors (Lipinski definition) is 1. The summed E-state index contributed by atoms with van der Waals surface area (Å²) >= 11 is 0. The van der Waals surface area contributed by atoms with E-state index in [4.69, 9.17) is 9.47 Å². The van der Waals surface area contributed by atoms with Gasteiger partial charge in [-0.3, -0.25) is 4.90 Å². The molecule has 4 rings (SSSR count). The first-order chi connectivity index (χ1) is 15.1. The average Bonchev–Trinajstić information content (AvgIpc) is 3.32. The van der Waals surface area contributed by atoms with E-state index >= 15 is 0 Å². The van der Waals surface area contributed by atoms with Crippen molar-refractivity contribution in [2.24, 2.45) is 0 Å². The molecule has 0 bridgehead atoms. The molecule has 3 heterocycles. The number of amides is 1. The Kier molecular flexibility index (Phi) is 7.06. The lowest BCUT2D eigenvalue weighted by Crippen LogP contribution is -2.46. The molecule has 2 saturated heterocycles. The number of carbonyl (C=O) groups is 1. The van der Waals surface area contributed by atoms with Crippen LogP contribution >= 0.6 is 0 Å². The SMILES string of the molecule is CCCCCCCCn1cc(CN2CCC3(CC2)CNC(=O)O3)c2ccc(OC)cc21. The highest BCUT2D eigenvalue weighted by atomic mass is 16.6. The summed E-state index contributed by atoms with van der Waals surface area (Å²) in [5, 5.41) is 4.14. The standard InChI is InChI=1S/C25H37N3O3/c1-3-4-5-6-7-8-13-28-18-20(22-10-9-21(30-2)16-23(22)28)17-27-14-11-25(12-15-27)19-26-24(29)31-25/h9-10,16,18H,3-8,11-15,17,19H2,1-2H3,(H,26,29). The minimum atomic E-state index is -0.285. The van der Waals surface area contributed by atoms with Crippen LogP contribution in [0.5, 0.6) is 5.75 Å². The second-order valence-corrected chi connectivity index (χ2v) is 9.20. The van der Waals surface area contributed by atoms with E-state index in [9.17, 15) is 4.79 Å². The highest BCUT2D eigenvalue weighted by molar-refractivity contribution is 5.85. The number of alkyl carbamates (subject to hydrolysis) is 1. The van der Waals surface area contributed by atoms with Crippen molar-refractivity contribution < 1.29 is 14.3 Å². The Balaban J connectivity index is 1.42. The fourth-order valence-corrected chi connectivity index (χ4v) is 4.99. The molecular formula is C25H37N3O3. The molecular weight excluding hydrogens is 390 g/mol. The summed E-state index contributed by atoms with van der Waals surface area (Å²) in [7, 11) is 1.73. The van der Waals surface area contributed by atoms with E-state index in [-0.39, 0.29) is 11.7 Å². The van der Waals surface area contributed by atoms with Crippen LogP contribution in [0.2, 0.25) is 0 Å². The molecule has 170 valence electrons. The zero-order valence-electron chi connectivity index (χ0n) is 19.1. The highest BCUT2D eigenvalue weighted by Gasteiger charge is 2.42. The predicted molar refractivity (Wildman–Crippen MR) is 124 cm³/mol. The molecule has 6 nitrogen and oxygen atoms in total. The summed E-state index contributed by atoms with van der Waals surface area (Å²) in [4.78, 5) is 14.0. The first-order valence-corrected chi connectivity index (χ1v) is 12.0. The van der Waals surface area contributed by atoms with Crippen LogP contribution in [0.4, 0.5) is 4.79 Å². The van der Waals surface area contributed by atoms with Gasteiger partial charge in [-0.25, -0.2) is 4.79 Å². The van der Waals surface area contributed by atoms with Crippen molar-refractivity contribution in [3.05, 3.63) is 30.0 Å². The minimum absolute atomic E-state index is 0.264. The number of hydrogen-bond acceptors (Lipinski definition) is 4. The van der Waals surface area contributed by atoms with Crippen LogP contribution in [0.25, 0.3) is 10.9 Å². The molecule has 0 radical (unpaired) electrons. The molecule has 0 saturated carbocycles. The number of methoxy groups -OCH3 is 1. The van der Waals surface area contributed by atoms with Gasteiger partial charge in [0.2, 0.25) is 0 Å². The third kappa shape index (κ3) is 5.17. The van der Waals surface area contributed by atoms with Crippen molar-refractivity contribution in [3.63, 3.8) is 0 Å². The Morgan fingerprint density at radius 2 is 1.90 bits per heavy atom. The average molecular weight is 428 g/mol. The van der Waals surface area contributed by atoms with Crippen LogP contribution in [-0.2, 0) is 17.8 Å². The number of carbonyl (C=O) groups excluding carboxylic acids is 1. The number of aromatic nitrogens is 1. The Morgan fingerprint density at radius 3 is 2.61 bits per heavy atom. The Bertz CT molecular complexity index is 884. The zero-order valence-corrected chi connectivity index (χ0v) is 19.1. The number of benzene rings is 1. The number of nitrogens with zero attached hydrogens (tertiary/aromatic N) is 2. The van der Waals surface area contributed by atoms with E-state index in [1.165, 1.54) is 55.0 Å². The van der Waals surface area contributed by atoms with Gasteiger partial charge in [-0.1, -0.05) is 39.0 Å². The molecule has 0 unspecified atom stereocenters. The van der Waals surface area contributed by atoms with Gasteiger partial charge in [0.1, 0.15) is 11.4 Å². The second kappa shape index (κ2) is 9.94. The molecule has 0 aliphatic carbocycles. The molecule has 2 aromatic rings. The molecule has 2 aliphatic rings. The normalized spacial score (nSPS) is 18.5. The van der Waals surface area contributed by atoms with Crippen molar-refractivity contribution in [2.45, 2.75) is 77.0 Å². The molecule has 1 aromatic heterocycles. The summed E-state index contributed by atoms with van der Waals surface area (Å²) in [5.74, 6) is 0.914. The third-order valence-electron chi connectivity index (χ3n) is 6.95. The van der Waals surface area contributed by atoms with Crippen molar-refractivity contribution in [2.75, 3.05) is 26.7 Å². The summed E-state index contributed by atoms with van der Waals surface area (Å²) in [6, 6.07) is 6.44. The molecule has 0 atom stereocenters. The summed E-state index contributed by atoms with van der Waals surface area (Å²) in [6.45, 7) is 6.81. The fourth-order valence-electron chi connectivity index (χ4n) is 4.99. The highest BCUT2D eigenvalue weighted by Crippen LogP contribution is 2.32. The lowest BCUT2D eigenvalue weighted by molar-refractivity contribution is -0.000933. The minimum Gasteiger partial charge on any atom is -0.497 e. The van der Waals surface area contributed by atoms with E-state index in [1.54, 1.807) is 7.11 Å². The molecule has 6 heteroatoms. The van der Waals surface area contributed by atoms with Crippen LogP contribution in [0.1, 0.15) is 63.9 Å². The maximum absolute atomic E-state index is 11.5. The van der Waals surface area contributed by atoms with Crippen molar-refractivity contribution >= 4 is 17.0 Å². The molecule has 1 amide bonds. The first-order valence-electron chi connectivity index (χ1n) is 12.0. The number of piperidine rings is 1. The van der Waals surface area contributed by atoms with Gasteiger partial charge in [0.15, 0.2) is 0 Å². The van der Waals surface area contributed by atoms with Crippen LogP contribution in [-0.4, -0.2) is 47.9 Å². The second-order valence-electron chi connectivity index (χ2n) is 9.20. The summed E-state index contributed by atoms with van der Waals surface area (Å²) < 4.78 is 13.5. The van der Waals surface area contributed by atoms with Gasteiger partial charge < -0.3 is 19.4 Å². The van der Waals surface area contributed by atoms with E-state index < -0.39 is 0 Å². The maximum Gasteiger partial charge on any atom is 0.407 e. The number of fused-ring (bicyclic) bond motifs is 1. The molecule has 2 fully saturated rings. The summed E-state index contributed by atoms with van der Waals surface area (Å²) in [5.41, 5.74) is 2.36. The lowest BCUT2D eigenvalue weighted by Gasteiger charge is -2.37. The zero-order chi connectivity index (χ0) is 21.7. The van der Waals surface area contributed by atoms with E-state index in [1.807, 2.05) is 0 Å². The van der Waals surface area contributed by atoms with Gasteiger partial charge in [-0.05, 0) is 24.1 Å². The van der Waals surface area contributed by atoms with Crippen LogP contribution in [0.15, 0.2) is 24.4 Å². The van der Waals surface area contributed by atoms with E-state index in [0.29, 0.717) is 6.54 Å².